The lowest BCUT2D eigenvalue weighted by Gasteiger charge is -2.29. The van der Waals surface area contributed by atoms with Crippen molar-refractivity contribution >= 4 is 11.9 Å². The molecule has 29 heavy (non-hydrogen) atoms. The first kappa shape index (κ1) is 20.3. The van der Waals surface area contributed by atoms with E-state index in [2.05, 4.69) is 10.4 Å². The molecule has 1 aromatic heterocycles. The maximum Gasteiger partial charge on any atom is 0.315 e. The minimum absolute atomic E-state index is 0.00495. The molecule has 150 valence electrons. The number of nitrogens with one attached hydrogen (secondary N) is 1. The smallest absolute Gasteiger partial charge is 0.315 e. The van der Waals surface area contributed by atoms with Crippen LogP contribution < -0.4 is 5.32 Å². The Morgan fingerprint density at radius 3 is 2.28 bits per heavy atom. The normalized spacial score (nSPS) is 12.9. The number of aliphatic carboxylic acids is 1. The number of hydrogen-bond acceptors (Lipinski definition) is 3. The predicted octanol–water partition coefficient (Wildman–Crippen LogP) is 3.40. The van der Waals surface area contributed by atoms with Crippen LogP contribution >= 0.6 is 0 Å². The molecule has 2 aromatic carbocycles. The largest absolute Gasteiger partial charge is 0.481 e. The maximum absolute atomic E-state index is 12.8. The van der Waals surface area contributed by atoms with Crippen molar-refractivity contribution in [2.45, 2.75) is 32.2 Å². The first-order valence-corrected chi connectivity index (χ1v) is 9.61. The molecular weight excluding hydrogens is 366 g/mol. The van der Waals surface area contributed by atoms with Crippen molar-refractivity contribution in [1.29, 1.82) is 0 Å². The number of carbonyl (C=O) groups is 2. The van der Waals surface area contributed by atoms with Crippen LogP contribution in [0.1, 0.15) is 40.5 Å². The lowest BCUT2D eigenvalue weighted by Crippen LogP contribution is -2.46. The number of aromatic nitrogens is 2. The average molecular weight is 391 g/mol. The molecule has 0 radical (unpaired) electrons. The fourth-order valence-electron chi connectivity index (χ4n) is 3.45. The van der Waals surface area contributed by atoms with Crippen LogP contribution in [0.3, 0.4) is 0 Å². The number of hydrogen-bond donors (Lipinski definition) is 2. The summed E-state index contributed by atoms with van der Waals surface area (Å²) in [6, 6.07) is 18.9. The Kier molecular flexibility index (Phi) is 6.12. The van der Waals surface area contributed by atoms with Crippen molar-refractivity contribution in [1.82, 2.24) is 15.1 Å². The molecule has 2 N–H and O–H groups in total. The fraction of sp³-hybridized carbons (Fsp3) is 0.261. The van der Waals surface area contributed by atoms with Gasteiger partial charge in [0, 0.05) is 12.2 Å². The first-order chi connectivity index (χ1) is 14.0. The van der Waals surface area contributed by atoms with Crippen molar-refractivity contribution in [2.75, 3.05) is 6.54 Å². The molecule has 0 fully saturated rings. The third-order valence-electron chi connectivity index (χ3n) is 5.41. The number of amides is 1. The van der Waals surface area contributed by atoms with E-state index in [1.807, 2.05) is 62.4 Å². The standard InChI is InChI=1S/C23H25N3O3/c1-3-23(22(28)29,19-12-8-5-9-13-19)16-24-21(27)20-14-25-26(17(20)2)15-18-10-6-4-7-11-18/h4-14H,3,15-16H2,1-2H3,(H,24,27)(H,28,29). The lowest BCUT2D eigenvalue weighted by atomic mass is 9.78. The van der Waals surface area contributed by atoms with Crippen LogP contribution in [0.25, 0.3) is 0 Å². The molecule has 1 amide bonds. The van der Waals surface area contributed by atoms with E-state index >= 15 is 0 Å². The van der Waals surface area contributed by atoms with Gasteiger partial charge in [0.25, 0.3) is 5.91 Å². The zero-order valence-corrected chi connectivity index (χ0v) is 16.6. The van der Waals surface area contributed by atoms with Gasteiger partial charge in [-0.1, -0.05) is 67.6 Å². The summed E-state index contributed by atoms with van der Waals surface area (Å²) < 4.78 is 1.77. The molecule has 1 atom stereocenters. The van der Waals surface area contributed by atoms with Gasteiger partial charge >= 0.3 is 5.97 Å². The van der Waals surface area contributed by atoms with Gasteiger partial charge in [0.15, 0.2) is 0 Å². The lowest BCUT2D eigenvalue weighted by molar-refractivity contribution is -0.143. The topological polar surface area (TPSA) is 84.2 Å². The van der Waals surface area contributed by atoms with E-state index in [9.17, 15) is 14.7 Å². The molecule has 3 rings (SSSR count). The average Bonchev–Trinajstić information content (AvgIpc) is 3.10. The highest BCUT2D eigenvalue weighted by atomic mass is 16.4. The molecule has 6 heteroatoms. The molecule has 0 saturated carbocycles. The van der Waals surface area contributed by atoms with Crippen molar-refractivity contribution in [3.63, 3.8) is 0 Å². The summed E-state index contributed by atoms with van der Waals surface area (Å²) in [6.07, 6.45) is 1.89. The van der Waals surface area contributed by atoms with Gasteiger partial charge < -0.3 is 10.4 Å². The molecule has 3 aromatic rings. The van der Waals surface area contributed by atoms with E-state index in [0.717, 1.165) is 11.3 Å². The second kappa shape index (κ2) is 8.73. The van der Waals surface area contributed by atoms with Crippen LogP contribution in [0.2, 0.25) is 0 Å². The molecule has 0 saturated heterocycles. The van der Waals surface area contributed by atoms with Crippen molar-refractivity contribution in [3.8, 4) is 0 Å². The Labute approximate surface area is 170 Å². The number of carboxylic acid groups (broad SMARTS) is 1. The Hall–Kier alpha value is -3.41. The third kappa shape index (κ3) is 4.21. The van der Waals surface area contributed by atoms with Crippen LogP contribution in [-0.4, -0.2) is 33.3 Å². The van der Waals surface area contributed by atoms with Gasteiger partial charge in [0.1, 0.15) is 5.41 Å². The Balaban J connectivity index is 1.77. The molecule has 1 unspecified atom stereocenters. The first-order valence-electron chi connectivity index (χ1n) is 9.61. The second-order valence-electron chi connectivity index (χ2n) is 7.08. The maximum atomic E-state index is 12.8. The van der Waals surface area contributed by atoms with E-state index in [0.29, 0.717) is 24.1 Å². The van der Waals surface area contributed by atoms with E-state index in [1.165, 1.54) is 6.20 Å². The third-order valence-corrected chi connectivity index (χ3v) is 5.41. The number of carboxylic acids is 1. The minimum atomic E-state index is -1.18. The number of nitrogens with zero attached hydrogens (tertiary/aromatic N) is 2. The van der Waals surface area contributed by atoms with Gasteiger partial charge in [-0.25, -0.2) is 0 Å². The molecule has 0 bridgehead atoms. The predicted molar refractivity (Wildman–Crippen MR) is 111 cm³/mol. The highest BCUT2D eigenvalue weighted by Gasteiger charge is 2.39. The second-order valence-corrected chi connectivity index (χ2v) is 7.08. The zero-order valence-electron chi connectivity index (χ0n) is 16.6. The highest BCUT2D eigenvalue weighted by Crippen LogP contribution is 2.28. The Bertz CT molecular complexity index is 983. The van der Waals surface area contributed by atoms with E-state index in [4.69, 9.17) is 0 Å². The molecule has 1 heterocycles. The minimum Gasteiger partial charge on any atom is -0.481 e. The summed E-state index contributed by atoms with van der Waals surface area (Å²) in [7, 11) is 0. The summed E-state index contributed by atoms with van der Waals surface area (Å²) in [5, 5.41) is 17.1. The quantitative estimate of drug-likeness (QED) is 0.616. The summed E-state index contributed by atoms with van der Waals surface area (Å²) in [6.45, 7) is 4.23. The van der Waals surface area contributed by atoms with Gasteiger partial charge in [-0.2, -0.15) is 5.10 Å². The van der Waals surface area contributed by atoms with Crippen LogP contribution in [0.15, 0.2) is 66.9 Å². The highest BCUT2D eigenvalue weighted by molar-refractivity contribution is 5.95. The number of carbonyl (C=O) groups excluding carboxylic acids is 1. The van der Waals surface area contributed by atoms with Crippen LogP contribution in [0.5, 0.6) is 0 Å². The van der Waals surface area contributed by atoms with Gasteiger partial charge in [0.05, 0.1) is 18.3 Å². The van der Waals surface area contributed by atoms with Gasteiger partial charge in [-0.15, -0.1) is 0 Å². The van der Waals surface area contributed by atoms with Gasteiger partial charge in [-0.3, -0.25) is 14.3 Å². The van der Waals surface area contributed by atoms with Crippen molar-refractivity contribution in [2.24, 2.45) is 0 Å². The molecule has 0 aliphatic rings. The molecular formula is C23H25N3O3. The Morgan fingerprint density at radius 1 is 1.07 bits per heavy atom. The SMILES string of the molecule is CCC(CNC(=O)c1cnn(Cc2ccccc2)c1C)(C(=O)O)c1ccccc1. The molecule has 0 aliphatic heterocycles. The van der Waals surface area contributed by atoms with Crippen LogP contribution in [-0.2, 0) is 16.8 Å². The Morgan fingerprint density at radius 2 is 1.69 bits per heavy atom. The van der Waals surface area contributed by atoms with E-state index in [1.54, 1.807) is 16.8 Å². The molecule has 0 spiro atoms. The summed E-state index contributed by atoms with van der Waals surface area (Å²) in [5.74, 6) is -1.28. The van der Waals surface area contributed by atoms with E-state index < -0.39 is 11.4 Å². The van der Waals surface area contributed by atoms with Gasteiger partial charge in [-0.05, 0) is 24.5 Å². The van der Waals surface area contributed by atoms with Crippen LogP contribution in [0.4, 0.5) is 0 Å². The summed E-state index contributed by atoms with van der Waals surface area (Å²) in [4.78, 5) is 24.9. The molecule has 6 nitrogen and oxygen atoms in total. The number of rotatable bonds is 8. The van der Waals surface area contributed by atoms with Crippen LogP contribution in [0, 0.1) is 6.92 Å². The molecule has 0 aliphatic carbocycles. The summed E-state index contributed by atoms with van der Waals surface area (Å²) >= 11 is 0. The monoisotopic (exact) mass is 391 g/mol. The number of benzene rings is 2. The van der Waals surface area contributed by atoms with Crippen molar-refractivity contribution < 1.29 is 14.7 Å². The van der Waals surface area contributed by atoms with Gasteiger partial charge in [0.2, 0.25) is 0 Å². The fourth-order valence-corrected chi connectivity index (χ4v) is 3.45. The summed E-state index contributed by atoms with van der Waals surface area (Å²) in [5.41, 5.74) is 1.77. The van der Waals surface area contributed by atoms with E-state index in [-0.39, 0.29) is 12.5 Å². The zero-order chi connectivity index (χ0) is 20.9. The van der Waals surface area contributed by atoms with Crippen molar-refractivity contribution in [3.05, 3.63) is 89.2 Å².